The molecular weight excluding hydrogens is 234 g/mol. The molecule has 0 bridgehead atoms. The highest BCUT2D eigenvalue weighted by atomic mass is 35.5. The van der Waals surface area contributed by atoms with Crippen LogP contribution < -0.4 is 5.32 Å². The SMILES string of the molecule is CC(N[C@H](C)c1ccco1)c1ccc(Cl)cc1. The molecule has 1 aromatic heterocycles. The van der Waals surface area contributed by atoms with Crippen LogP contribution in [0.25, 0.3) is 0 Å². The Morgan fingerprint density at radius 2 is 1.76 bits per heavy atom. The van der Waals surface area contributed by atoms with Gasteiger partial charge in [-0.3, -0.25) is 0 Å². The first-order valence-electron chi connectivity index (χ1n) is 5.71. The van der Waals surface area contributed by atoms with Gasteiger partial charge in [0.1, 0.15) is 5.76 Å². The molecule has 0 aliphatic carbocycles. The molecule has 3 heteroatoms. The predicted molar refractivity (Wildman–Crippen MR) is 70.1 cm³/mol. The van der Waals surface area contributed by atoms with Crippen molar-refractivity contribution in [3.05, 3.63) is 59.0 Å². The quantitative estimate of drug-likeness (QED) is 0.872. The summed E-state index contributed by atoms with van der Waals surface area (Å²) in [5, 5.41) is 4.25. The average Bonchev–Trinajstić information content (AvgIpc) is 2.83. The second-order valence-electron chi connectivity index (χ2n) is 4.18. The lowest BCUT2D eigenvalue weighted by molar-refractivity contribution is 0.403. The first-order chi connectivity index (χ1) is 8.16. The lowest BCUT2D eigenvalue weighted by Gasteiger charge is -2.18. The minimum Gasteiger partial charge on any atom is -0.468 e. The summed E-state index contributed by atoms with van der Waals surface area (Å²) in [7, 11) is 0. The molecule has 0 spiro atoms. The molecule has 0 saturated carbocycles. The van der Waals surface area contributed by atoms with E-state index in [0.717, 1.165) is 10.8 Å². The largest absolute Gasteiger partial charge is 0.468 e. The zero-order valence-electron chi connectivity index (χ0n) is 9.98. The van der Waals surface area contributed by atoms with Gasteiger partial charge in [-0.2, -0.15) is 0 Å². The number of nitrogens with one attached hydrogen (secondary N) is 1. The molecule has 1 N–H and O–H groups in total. The lowest BCUT2D eigenvalue weighted by atomic mass is 10.1. The summed E-state index contributed by atoms with van der Waals surface area (Å²) in [6, 6.07) is 12.2. The Kier molecular flexibility index (Phi) is 3.87. The first kappa shape index (κ1) is 12.2. The van der Waals surface area contributed by atoms with Gasteiger partial charge in [0.2, 0.25) is 0 Å². The zero-order valence-corrected chi connectivity index (χ0v) is 10.7. The van der Waals surface area contributed by atoms with Crippen molar-refractivity contribution in [3.8, 4) is 0 Å². The Labute approximate surface area is 107 Å². The molecule has 1 heterocycles. The van der Waals surface area contributed by atoms with E-state index in [0.29, 0.717) is 0 Å². The molecular formula is C14H16ClNO. The van der Waals surface area contributed by atoms with Crippen molar-refractivity contribution in [2.24, 2.45) is 0 Å². The Hall–Kier alpha value is -1.25. The van der Waals surface area contributed by atoms with Crippen LogP contribution in [0.5, 0.6) is 0 Å². The van der Waals surface area contributed by atoms with Crippen molar-refractivity contribution >= 4 is 11.6 Å². The third-order valence-corrected chi connectivity index (χ3v) is 3.09. The molecule has 0 fully saturated rings. The third kappa shape index (κ3) is 3.11. The third-order valence-electron chi connectivity index (χ3n) is 2.84. The van der Waals surface area contributed by atoms with E-state index in [-0.39, 0.29) is 12.1 Å². The van der Waals surface area contributed by atoms with Gasteiger partial charge in [-0.25, -0.2) is 0 Å². The van der Waals surface area contributed by atoms with Crippen molar-refractivity contribution in [3.63, 3.8) is 0 Å². The number of hydrogen-bond donors (Lipinski definition) is 1. The summed E-state index contributed by atoms with van der Waals surface area (Å²) in [6.45, 7) is 4.22. The van der Waals surface area contributed by atoms with Crippen LogP contribution in [-0.2, 0) is 0 Å². The van der Waals surface area contributed by atoms with E-state index in [1.165, 1.54) is 5.56 Å². The lowest BCUT2D eigenvalue weighted by Crippen LogP contribution is -2.22. The van der Waals surface area contributed by atoms with E-state index >= 15 is 0 Å². The van der Waals surface area contributed by atoms with Crippen LogP contribution in [0.15, 0.2) is 47.1 Å². The van der Waals surface area contributed by atoms with Crippen molar-refractivity contribution in [2.75, 3.05) is 0 Å². The molecule has 2 rings (SSSR count). The van der Waals surface area contributed by atoms with Gasteiger partial charge in [0.25, 0.3) is 0 Å². The fourth-order valence-electron chi connectivity index (χ4n) is 1.84. The van der Waals surface area contributed by atoms with E-state index in [1.54, 1.807) is 6.26 Å². The molecule has 2 aromatic rings. The Bertz CT molecular complexity index is 450. The first-order valence-corrected chi connectivity index (χ1v) is 6.09. The summed E-state index contributed by atoms with van der Waals surface area (Å²) in [5.74, 6) is 0.950. The summed E-state index contributed by atoms with van der Waals surface area (Å²) in [4.78, 5) is 0. The van der Waals surface area contributed by atoms with Crippen LogP contribution in [0, 0.1) is 0 Å². The highest BCUT2D eigenvalue weighted by Gasteiger charge is 2.12. The summed E-state index contributed by atoms with van der Waals surface area (Å²) >= 11 is 5.87. The molecule has 0 aliphatic heterocycles. The van der Waals surface area contributed by atoms with Gasteiger partial charge in [-0.15, -0.1) is 0 Å². The smallest absolute Gasteiger partial charge is 0.120 e. The molecule has 0 radical (unpaired) electrons. The van der Waals surface area contributed by atoms with Gasteiger partial charge < -0.3 is 9.73 Å². The predicted octanol–water partition coefficient (Wildman–Crippen LogP) is 4.34. The van der Waals surface area contributed by atoms with Gasteiger partial charge >= 0.3 is 0 Å². The number of hydrogen-bond acceptors (Lipinski definition) is 2. The van der Waals surface area contributed by atoms with E-state index < -0.39 is 0 Å². The average molecular weight is 250 g/mol. The minimum absolute atomic E-state index is 0.190. The molecule has 1 aromatic carbocycles. The van der Waals surface area contributed by atoms with E-state index in [1.807, 2.05) is 36.4 Å². The van der Waals surface area contributed by atoms with E-state index in [9.17, 15) is 0 Å². The Morgan fingerprint density at radius 3 is 2.35 bits per heavy atom. The standard InChI is InChI=1S/C14H16ClNO/c1-10(12-5-7-13(15)8-6-12)16-11(2)14-4-3-9-17-14/h3-11,16H,1-2H3/t10?,11-/m1/s1. The second kappa shape index (κ2) is 5.39. The molecule has 90 valence electrons. The van der Waals surface area contributed by atoms with Gasteiger partial charge in [0, 0.05) is 11.1 Å². The molecule has 2 nitrogen and oxygen atoms in total. The zero-order chi connectivity index (χ0) is 12.3. The highest BCUT2D eigenvalue weighted by Crippen LogP contribution is 2.20. The van der Waals surface area contributed by atoms with Crippen molar-refractivity contribution in [2.45, 2.75) is 25.9 Å². The van der Waals surface area contributed by atoms with E-state index in [2.05, 4.69) is 19.2 Å². The number of rotatable bonds is 4. The van der Waals surface area contributed by atoms with Crippen LogP contribution in [0.2, 0.25) is 5.02 Å². The number of halogens is 1. The van der Waals surface area contributed by atoms with Gasteiger partial charge in [-0.05, 0) is 43.7 Å². The maximum absolute atomic E-state index is 5.87. The topological polar surface area (TPSA) is 25.2 Å². The van der Waals surface area contributed by atoms with Crippen LogP contribution in [0.3, 0.4) is 0 Å². The summed E-state index contributed by atoms with van der Waals surface area (Å²) in [5.41, 5.74) is 1.22. The summed E-state index contributed by atoms with van der Waals surface area (Å²) in [6.07, 6.45) is 1.69. The fraction of sp³-hybridized carbons (Fsp3) is 0.286. The van der Waals surface area contributed by atoms with Crippen molar-refractivity contribution < 1.29 is 4.42 Å². The van der Waals surface area contributed by atoms with Crippen LogP contribution in [-0.4, -0.2) is 0 Å². The number of furan rings is 1. The van der Waals surface area contributed by atoms with Crippen LogP contribution >= 0.6 is 11.6 Å². The summed E-state index contributed by atoms with van der Waals surface area (Å²) < 4.78 is 5.37. The molecule has 1 unspecified atom stereocenters. The van der Waals surface area contributed by atoms with Crippen molar-refractivity contribution in [1.82, 2.24) is 5.32 Å². The van der Waals surface area contributed by atoms with Gasteiger partial charge in [-0.1, -0.05) is 23.7 Å². The van der Waals surface area contributed by atoms with E-state index in [4.69, 9.17) is 16.0 Å². The van der Waals surface area contributed by atoms with Crippen LogP contribution in [0.4, 0.5) is 0 Å². The second-order valence-corrected chi connectivity index (χ2v) is 4.61. The maximum Gasteiger partial charge on any atom is 0.120 e. The Morgan fingerprint density at radius 1 is 1.06 bits per heavy atom. The normalized spacial score (nSPS) is 14.5. The Balaban J connectivity index is 2.01. The maximum atomic E-state index is 5.87. The van der Waals surface area contributed by atoms with Crippen molar-refractivity contribution in [1.29, 1.82) is 0 Å². The fourth-order valence-corrected chi connectivity index (χ4v) is 1.97. The minimum atomic E-state index is 0.190. The molecule has 2 atom stereocenters. The monoisotopic (exact) mass is 249 g/mol. The molecule has 17 heavy (non-hydrogen) atoms. The van der Waals surface area contributed by atoms with Gasteiger partial charge in [0.15, 0.2) is 0 Å². The highest BCUT2D eigenvalue weighted by molar-refractivity contribution is 6.30. The molecule has 0 aliphatic rings. The van der Waals surface area contributed by atoms with Crippen LogP contribution in [0.1, 0.15) is 37.3 Å². The molecule has 0 amide bonds. The molecule has 0 saturated heterocycles. The van der Waals surface area contributed by atoms with Gasteiger partial charge in [0.05, 0.1) is 12.3 Å². The number of benzene rings is 1.